The Labute approximate surface area is 122 Å². The van der Waals surface area contributed by atoms with Crippen molar-refractivity contribution in [2.75, 3.05) is 7.11 Å². The molecule has 1 atom stereocenters. The maximum atomic E-state index is 13.9. The molecule has 2 aromatic carbocycles. The average molecular weight is 287 g/mol. The summed E-state index contributed by atoms with van der Waals surface area (Å²) in [6.45, 7) is 1.52. The number of benzene rings is 2. The minimum atomic E-state index is -0.878. The number of aliphatic hydroxyl groups is 1. The molecule has 2 rings (SSSR count). The Bertz CT molecular complexity index is 692. The van der Waals surface area contributed by atoms with Crippen LogP contribution in [0, 0.1) is 17.1 Å². The van der Waals surface area contributed by atoms with Gasteiger partial charge in [0.15, 0.2) is 11.6 Å². The lowest BCUT2D eigenvalue weighted by Gasteiger charge is -2.14. The van der Waals surface area contributed by atoms with Gasteiger partial charge in [-0.05, 0) is 25.1 Å². The molecule has 0 radical (unpaired) electrons. The highest BCUT2D eigenvalue weighted by atomic mass is 19.1. The van der Waals surface area contributed by atoms with E-state index in [0.717, 1.165) is 0 Å². The summed E-state index contributed by atoms with van der Waals surface area (Å²) < 4.78 is 24.5. The molecule has 21 heavy (non-hydrogen) atoms. The summed E-state index contributed by atoms with van der Waals surface area (Å²) >= 11 is 0. The Hall–Kier alpha value is -2.58. The first-order chi connectivity index (χ1) is 10.0. The first-order valence-electron chi connectivity index (χ1n) is 6.28. The molecule has 0 saturated carbocycles. The second-order valence-corrected chi connectivity index (χ2v) is 4.45. The van der Waals surface area contributed by atoms with Crippen LogP contribution in [0.2, 0.25) is 0 Å². The summed E-state index contributed by atoms with van der Waals surface area (Å²) in [6, 6.07) is 10.9. The van der Waals surface area contributed by atoms with Gasteiger partial charge in [-0.3, -0.25) is 0 Å². The second kappa shape index (κ2) is 6.25. The van der Waals surface area contributed by atoms with E-state index in [2.05, 4.69) is 0 Å². The van der Waals surface area contributed by atoms with Crippen molar-refractivity contribution in [3.05, 3.63) is 53.3 Å². The van der Waals surface area contributed by atoms with Crippen molar-refractivity contribution < 1.29 is 19.0 Å². The number of nitriles is 1. The van der Waals surface area contributed by atoms with Crippen molar-refractivity contribution in [3.8, 4) is 23.3 Å². The van der Waals surface area contributed by atoms with Crippen LogP contribution < -0.4 is 9.47 Å². The molecule has 1 N–H and O–H groups in total. The molecule has 0 aliphatic heterocycles. The molecule has 0 unspecified atom stereocenters. The van der Waals surface area contributed by atoms with Gasteiger partial charge in [0, 0.05) is 11.6 Å². The molecular formula is C16H14FNO3. The van der Waals surface area contributed by atoms with Crippen molar-refractivity contribution in [1.29, 1.82) is 5.26 Å². The Kier molecular flexibility index (Phi) is 4.41. The van der Waals surface area contributed by atoms with Gasteiger partial charge in [-0.1, -0.05) is 12.1 Å². The number of methoxy groups -OCH3 is 1. The molecule has 0 amide bonds. The molecule has 0 aliphatic rings. The van der Waals surface area contributed by atoms with E-state index in [1.807, 2.05) is 6.07 Å². The number of aliphatic hydroxyl groups excluding tert-OH is 1. The van der Waals surface area contributed by atoms with E-state index in [4.69, 9.17) is 14.7 Å². The van der Waals surface area contributed by atoms with Crippen molar-refractivity contribution in [1.82, 2.24) is 0 Å². The number of rotatable bonds is 4. The average Bonchev–Trinajstić information content (AvgIpc) is 2.48. The van der Waals surface area contributed by atoms with Crippen molar-refractivity contribution in [2.24, 2.45) is 0 Å². The maximum absolute atomic E-state index is 13.9. The highest BCUT2D eigenvalue weighted by molar-refractivity contribution is 5.47. The zero-order valence-corrected chi connectivity index (χ0v) is 11.6. The van der Waals surface area contributed by atoms with Gasteiger partial charge in [0.05, 0.1) is 24.8 Å². The number of hydrogen-bond acceptors (Lipinski definition) is 4. The number of nitrogens with zero attached hydrogens (tertiary/aromatic N) is 1. The van der Waals surface area contributed by atoms with E-state index < -0.39 is 11.9 Å². The summed E-state index contributed by atoms with van der Waals surface area (Å²) in [7, 11) is 1.46. The summed E-state index contributed by atoms with van der Waals surface area (Å²) in [5, 5.41) is 18.7. The van der Waals surface area contributed by atoms with E-state index >= 15 is 0 Å². The van der Waals surface area contributed by atoms with E-state index in [9.17, 15) is 9.50 Å². The number of para-hydroxylation sites is 1. The van der Waals surface area contributed by atoms with E-state index in [1.165, 1.54) is 32.2 Å². The Balaban J connectivity index is 2.45. The normalized spacial score (nSPS) is 11.6. The van der Waals surface area contributed by atoms with Gasteiger partial charge in [-0.25, -0.2) is 4.39 Å². The highest BCUT2D eigenvalue weighted by Gasteiger charge is 2.15. The minimum absolute atomic E-state index is 0.0651. The quantitative estimate of drug-likeness (QED) is 0.934. The van der Waals surface area contributed by atoms with Crippen LogP contribution in [-0.4, -0.2) is 12.2 Å². The fraction of sp³-hybridized carbons (Fsp3) is 0.188. The van der Waals surface area contributed by atoms with E-state index in [-0.39, 0.29) is 11.5 Å². The molecule has 0 saturated heterocycles. The molecule has 4 nitrogen and oxygen atoms in total. The Morgan fingerprint density at radius 3 is 2.57 bits per heavy atom. The van der Waals surface area contributed by atoms with Crippen molar-refractivity contribution in [3.63, 3.8) is 0 Å². The fourth-order valence-corrected chi connectivity index (χ4v) is 1.89. The summed E-state index contributed by atoms with van der Waals surface area (Å²) in [5.74, 6) is 0.0382. The molecule has 0 aromatic heterocycles. The SMILES string of the molecule is COc1cc(C#N)cc(Oc2c(F)cccc2[C@H](C)O)c1. The lowest BCUT2D eigenvalue weighted by Crippen LogP contribution is -1.99. The third kappa shape index (κ3) is 3.30. The number of hydrogen-bond donors (Lipinski definition) is 1. The summed E-state index contributed by atoms with van der Waals surface area (Å²) in [5.41, 5.74) is 0.663. The van der Waals surface area contributed by atoms with Crippen LogP contribution in [0.15, 0.2) is 36.4 Å². The number of ether oxygens (including phenoxy) is 2. The molecular weight excluding hydrogens is 273 g/mol. The standard InChI is InChI=1S/C16H14FNO3/c1-10(19)14-4-3-5-15(17)16(14)21-13-7-11(9-18)6-12(8-13)20-2/h3-8,10,19H,1-2H3/t10-/m0/s1. The van der Waals surface area contributed by atoms with Crippen LogP contribution in [0.4, 0.5) is 4.39 Å². The molecule has 0 bridgehead atoms. The summed E-state index contributed by atoms with van der Waals surface area (Å²) in [4.78, 5) is 0. The minimum Gasteiger partial charge on any atom is -0.497 e. The van der Waals surface area contributed by atoms with Gasteiger partial charge >= 0.3 is 0 Å². The molecule has 5 heteroatoms. The van der Waals surface area contributed by atoms with Gasteiger partial charge in [0.25, 0.3) is 0 Å². The molecule has 0 spiro atoms. The van der Waals surface area contributed by atoms with Gasteiger partial charge in [0.1, 0.15) is 11.5 Å². The predicted molar refractivity (Wildman–Crippen MR) is 74.8 cm³/mol. The van der Waals surface area contributed by atoms with Gasteiger partial charge in [0.2, 0.25) is 0 Å². The van der Waals surface area contributed by atoms with Crippen LogP contribution >= 0.6 is 0 Å². The first-order valence-corrected chi connectivity index (χ1v) is 6.28. The lowest BCUT2D eigenvalue weighted by atomic mass is 10.1. The van der Waals surface area contributed by atoms with E-state index in [1.54, 1.807) is 18.2 Å². The van der Waals surface area contributed by atoms with Crippen LogP contribution in [0.3, 0.4) is 0 Å². The Morgan fingerprint density at radius 2 is 1.95 bits per heavy atom. The maximum Gasteiger partial charge on any atom is 0.168 e. The van der Waals surface area contributed by atoms with Gasteiger partial charge in [-0.2, -0.15) is 5.26 Å². The molecule has 2 aromatic rings. The van der Waals surface area contributed by atoms with Gasteiger partial charge in [-0.15, -0.1) is 0 Å². The third-order valence-corrected chi connectivity index (χ3v) is 2.91. The Morgan fingerprint density at radius 1 is 1.24 bits per heavy atom. The number of halogens is 1. The fourth-order valence-electron chi connectivity index (χ4n) is 1.89. The van der Waals surface area contributed by atoms with Crippen LogP contribution in [-0.2, 0) is 0 Å². The largest absolute Gasteiger partial charge is 0.497 e. The topological polar surface area (TPSA) is 62.5 Å². The van der Waals surface area contributed by atoms with E-state index in [0.29, 0.717) is 16.9 Å². The smallest absolute Gasteiger partial charge is 0.168 e. The molecule has 108 valence electrons. The van der Waals surface area contributed by atoms with Crippen LogP contribution in [0.25, 0.3) is 0 Å². The first kappa shape index (κ1) is 14.8. The molecule has 0 heterocycles. The highest BCUT2D eigenvalue weighted by Crippen LogP contribution is 2.34. The zero-order valence-electron chi connectivity index (χ0n) is 11.6. The van der Waals surface area contributed by atoms with Crippen molar-refractivity contribution >= 4 is 0 Å². The second-order valence-electron chi connectivity index (χ2n) is 4.45. The monoisotopic (exact) mass is 287 g/mol. The van der Waals surface area contributed by atoms with Crippen molar-refractivity contribution in [2.45, 2.75) is 13.0 Å². The zero-order chi connectivity index (χ0) is 15.4. The molecule has 0 fully saturated rings. The predicted octanol–water partition coefficient (Wildman–Crippen LogP) is 3.55. The lowest BCUT2D eigenvalue weighted by molar-refractivity contribution is 0.194. The molecule has 0 aliphatic carbocycles. The summed E-state index contributed by atoms with van der Waals surface area (Å²) in [6.07, 6.45) is -0.878. The van der Waals surface area contributed by atoms with Crippen LogP contribution in [0.5, 0.6) is 17.2 Å². The van der Waals surface area contributed by atoms with Gasteiger partial charge < -0.3 is 14.6 Å². The van der Waals surface area contributed by atoms with Crippen LogP contribution in [0.1, 0.15) is 24.2 Å². The third-order valence-electron chi connectivity index (χ3n) is 2.91.